The highest BCUT2D eigenvalue weighted by atomic mass is 32.2. The fourth-order valence-electron chi connectivity index (χ4n) is 2.83. The molecule has 9 heteroatoms. The summed E-state index contributed by atoms with van der Waals surface area (Å²) < 4.78 is 26.4. The summed E-state index contributed by atoms with van der Waals surface area (Å²) in [5, 5.41) is 2.78. The Balaban J connectivity index is 1.76. The molecular formula is C15H22N4O4S. The maximum absolute atomic E-state index is 12.3. The van der Waals surface area contributed by atoms with Crippen molar-refractivity contribution in [3.05, 3.63) is 27.9 Å². The Labute approximate surface area is 140 Å². The highest BCUT2D eigenvalue weighted by Crippen LogP contribution is 2.32. The minimum atomic E-state index is -3.34. The monoisotopic (exact) mass is 354 g/mol. The van der Waals surface area contributed by atoms with Crippen LogP contribution in [0.5, 0.6) is 0 Å². The van der Waals surface area contributed by atoms with Crippen molar-refractivity contribution in [3.8, 4) is 0 Å². The van der Waals surface area contributed by atoms with Crippen LogP contribution in [-0.2, 0) is 34.5 Å². The quantitative estimate of drug-likeness (QED) is 0.791. The summed E-state index contributed by atoms with van der Waals surface area (Å²) in [6.07, 6.45) is 4.45. The van der Waals surface area contributed by atoms with Crippen molar-refractivity contribution in [2.75, 3.05) is 12.8 Å². The molecule has 1 N–H and O–H groups in total. The normalized spacial score (nSPS) is 18.7. The lowest BCUT2D eigenvalue weighted by Crippen LogP contribution is -2.32. The first-order valence-electron chi connectivity index (χ1n) is 8.14. The molecule has 2 heterocycles. The first-order chi connectivity index (χ1) is 11.3. The summed E-state index contributed by atoms with van der Waals surface area (Å²) in [4.78, 5) is 28.4. The SMILES string of the molecule is CS(=O)(=O)N1CCCn2c(nc(CNC(=O)CC3CC3)cc2=O)C1. The Morgan fingerprint density at radius 1 is 1.38 bits per heavy atom. The zero-order chi connectivity index (χ0) is 17.3. The molecule has 0 atom stereocenters. The highest BCUT2D eigenvalue weighted by Gasteiger charge is 2.25. The predicted octanol–water partition coefficient (Wildman–Crippen LogP) is -0.175. The van der Waals surface area contributed by atoms with E-state index in [1.807, 2.05) is 0 Å². The van der Waals surface area contributed by atoms with Crippen LogP contribution in [0, 0.1) is 5.92 Å². The standard InChI is InChI=1S/C15H22N4O4S/c1-24(22,23)18-5-2-6-19-13(10-18)17-12(8-15(19)21)9-16-14(20)7-11-3-4-11/h8,11H,2-7,9-10H2,1H3,(H,16,20). The Bertz CT molecular complexity index is 798. The number of fused-ring (bicyclic) bond motifs is 1. The second-order valence-corrected chi connectivity index (χ2v) is 8.51. The van der Waals surface area contributed by atoms with Crippen LogP contribution in [0.2, 0.25) is 0 Å². The smallest absolute Gasteiger partial charge is 0.253 e. The van der Waals surface area contributed by atoms with E-state index < -0.39 is 10.0 Å². The Morgan fingerprint density at radius 3 is 2.79 bits per heavy atom. The molecule has 1 aliphatic heterocycles. The third kappa shape index (κ3) is 4.21. The molecule has 1 saturated carbocycles. The van der Waals surface area contributed by atoms with E-state index >= 15 is 0 Å². The van der Waals surface area contributed by atoms with E-state index in [4.69, 9.17) is 0 Å². The van der Waals surface area contributed by atoms with Gasteiger partial charge in [-0.25, -0.2) is 13.4 Å². The van der Waals surface area contributed by atoms with Crippen LogP contribution >= 0.6 is 0 Å². The number of carbonyl (C=O) groups is 1. The van der Waals surface area contributed by atoms with Gasteiger partial charge in [0.15, 0.2) is 0 Å². The topological polar surface area (TPSA) is 101 Å². The van der Waals surface area contributed by atoms with Crippen LogP contribution in [0.15, 0.2) is 10.9 Å². The van der Waals surface area contributed by atoms with Crippen LogP contribution < -0.4 is 10.9 Å². The predicted molar refractivity (Wildman–Crippen MR) is 87.6 cm³/mol. The van der Waals surface area contributed by atoms with Crippen molar-refractivity contribution in [2.24, 2.45) is 5.92 Å². The molecule has 1 aromatic heterocycles. The van der Waals surface area contributed by atoms with Gasteiger partial charge in [-0.15, -0.1) is 0 Å². The van der Waals surface area contributed by atoms with E-state index in [0.717, 1.165) is 19.1 Å². The number of amides is 1. The molecule has 0 aromatic carbocycles. The third-order valence-corrected chi connectivity index (χ3v) is 5.60. The zero-order valence-corrected chi connectivity index (χ0v) is 14.5. The summed E-state index contributed by atoms with van der Waals surface area (Å²) in [5.41, 5.74) is 0.257. The van der Waals surface area contributed by atoms with Crippen LogP contribution in [0.4, 0.5) is 0 Å². The fourth-order valence-corrected chi connectivity index (χ4v) is 3.64. The van der Waals surface area contributed by atoms with E-state index in [-0.39, 0.29) is 24.6 Å². The number of nitrogens with one attached hydrogen (secondary N) is 1. The third-order valence-electron chi connectivity index (χ3n) is 4.35. The largest absolute Gasteiger partial charge is 0.350 e. The van der Waals surface area contributed by atoms with E-state index in [9.17, 15) is 18.0 Å². The molecule has 132 valence electrons. The van der Waals surface area contributed by atoms with Crippen molar-refractivity contribution >= 4 is 15.9 Å². The highest BCUT2D eigenvalue weighted by molar-refractivity contribution is 7.88. The van der Waals surface area contributed by atoms with Gasteiger partial charge in [-0.05, 0) is 25.2 Å². The molecule has 1 aromatic rings. The molecule has 0 bridgehead atoms. The van der Waals surface area contributed by atoms with Crippen molar-refractivity contribution in [2.45, 2.75) is 45.3 Å². The van der Waals surface area contributed by atoms with Crippen molar-refractivity contribution < 1.29 is 13.2 Å². The summed E-state index contributed by atoms with van der Waals surface area (Å²) in [7, 11) is -3.34. The molecule has 0 spiro atoms. The van der Waals surface area contributed by atoms with E-state index in [0.29, 0.717) is 43.4 Å². The maximum atomic E-state index is 12.3. The minimum absolute atomic E-state index is 0.0351. The average molecular weight is 354 g/mol. The van der Waals surface area contributed by atoms with Gasteiger partial charge >= 0.3 is 0 Å². The van der Waals surface area contributed by atoms with Gasteiger partial charge in [-0.3, -0.25) is 14.2 Å². The lowest BCUT2D eigenvalue weighted by Gasteiger charge is -2.17. The lowest BCUT2D eigenvalue weighted by atomic mass is 10.3. The van der Waals surface area contributed by atoms with Gasteiger partial charge in [0.1, 0.15) is 5.82 Å². The maximum Gasteiger partial charge on any atom is 0.253 e. The minimum Gasteiger partial charge on any atom is -0.350 e. The molecular weight excluding hydrogens is 332 g/mol. The first kappa shape index (κ1) is 17.1. The molecule has 2 aliphatic rings. The molecule has 0 saturated heterocycles. The Hall–Kier alpha value is -1.74. The van der Waals surface area contributed by atoms with Gasteiger partial charge < -0.3 is 5.32 Å². The second-order valence-electron chi connectivity index (χ2n) is 6.53. The molecule has 1 fully saturated rings. The molecule has 3 rings (SSSR count). The van der Waals surface area contributed by atoms with Crippen molar-refractivity contribution in [1.82, 2.24) is 19.2 Å². The van der Waals surface area contributed by atoms with E-state index in [1.54, 1.807) is 0 Å². The molecule has 1 amide bonds. The van der Waals surface area contributed by atoms with Gasteiger partial charge in [0.25, 0.3) is 5.56 Å². The second kappa shape index (κ2) is 6.64. The Kier molecular flexibility index (Phi) is 4.73. The van der Waals surface area contributed by atoms with Gasteiger partial charge in [0.2, 0.25) is 15.9 Å². The molecule has 1 aliphatic carbocycles. The van der Waals surface area contributed by atoms with Crippen LogP contribution in [0.1, 0.15) is 37.2 Å². The number of carbonyl (C=O) groups excluding carboxylic acids is 1. The number of hydrogen-bond donors (Lipinski definition) is 1. The van der Waals surface area contributed by atoms with Crippen LogP contribution in [0.3, 0.4) is 0 Å². The zero-order valence-electron chi connectivity index (χ0n) is 13.7. The van der Waals surface area contributed by atoms with E-state index in [2.05, 4.69) is 10.3 Å². The summed E-state index contributed by atoms with van der Waals surface area (Å²) in [6.45, 7) is 1.09. The number of sulfonamides is 1. The molecule has 0 unspecified atom stereocenters. The summed E-state index contributed by atoms with van der Waals surface area (Å²) >= 11 is 0. The van der Waals surface area contributed by atoms with Gasteiger partial charge in [-0.2, -0.15) is 4.31 Å². The first-order valence-corrected chi connectivity index (χ1v) is 9.99. The van der Waals surface area contributed by atoms with Crippen molar-refractivity contribution in [3.63, 3.8) is 0 Å². The molecule has 0 radical (unpaired) electrons. The number of aromatic nitrogens is 2. The van der Waals surface area contributed by atoms with Crippen molar-refractivity contribution in [1.29, 1.82) is 0 Å². The van der Waals surface area contributed by atoms with Gasteiger partial charge in [0, 0.05) is 25.6 Å². The lowest BCUT2D eigenvalue weighted by molar-refractivity contribution is -0.121. The summed E-state index contributed by atoms with van der Waals surface area (Å²) in [6, 6.07) is 1.41. The Morgan fingerprint density at radius 2 is 2.12 bits per heavy atom. The van der Waals surface area contributed by atoms with Gasteiger partial charge in [-0.1, -0.05) is 0 Å². The fraction of sp³-hybridized carbons (Fsp3) is 0.667. The molecule has 24 heavy (non-hydrogen) atoms. The van der Waals surface area contributed by atoms with Crippen LogP contribution in [-0.4, -0.2) is 41.0 Å². The average Bonchev–Trinajstić information content (AvgIpc) is 3.30. The summed E-state index contributed by atoms with van der Waals surface area (Å²) in [5.74, 6) is 0.892. The van der Waals surface area contributed by atoms with Crippen LogP contribution in [0.25, 0.3) is 0 Å². The van der Waals surface area contributed by atoms with Gasteiger partial charge in [0.05, 0.1) is 25.0 Å². The number of nitrogens with zero attached hydrogens (tertiary/aromatic N) is 3. The van der Waals surface area contributed by atoms with E-state index in [1.165, 1.54) is 14.9 Å². The number of hydrogen-bond acceptors (Lipinski definition) is 5. The molecule has 8 nitrogen and oxygen atoms in total. The number of rotatable bonds is 5.